The van der Waals surface area contributed by atoms with Crippen molar-refractivity contribution in [3.05, 3.63) is 80.1 Å². The Kier molecular flexibility index (Phi) is 5.78. The molecule has 9 heteroatoms. The zero-order chi connectivity index (χ0) is 19.4. The molecule has 0 aliphatic rings. The van der Waals surface area contributed by atoms with E-state index < -0.39 is 10.8 Å². The van der Waals surface area contributed by atoms with Gasteiger partial charge in [0.2, 0.25) is 0 Å². The molecule has 0 bridgehead atoms. The van der Waals surface area contributed by atoms with Crippen LogP contribution in [0.3, 0.4) is 0 Å². The molecule has 0 unspecified atom stereocenters. The van der Waals surface area contributed by atoms with Crippen LogP contribution >= 0.6 is 22.9 Å². The Bertz CT molecular complexity index is 992. The van der Waals surface area contributed by atoms with Crippen molar-refractivity contribution in [2.24, 2.45) is 0 Å². The lowest BCUT2D eigenvalue weighted by Gasteiger charge is -2.05. The molecule has 1 amide bonds. The van der Waals surface area contributed by atoms with E-state index in [2.05, 4.69) is 10.3 Å². The number of nitro groups is 1. The molecule has 1 N–H and O–H groups in total. The predicted octanol–water partition coefficient (Wildman–Crippen LogP) is 4.48. The van der Waals surface area contributed by atoms with Gasteiger partial charge in [-0.15, -0.1) is 11.3 Å². The molecule has 0 saturated heterocycles. The number of halogens is 2. The molecule has 0 aliphatic heterocycles. The lowest BCUT2D eigenvalue weighted by molar-refractivity contribution is -0.385. The number of benzene rings is 2. The van der Waals surface area contributed by atoms with Crippen LogP contribution in [0.2, 0.25) is 5.02 Å². The number of aromatic nitrogens is 1. The van der Waals surface area contributed by atoms with Crippen molar-refractivity contribution >= 4 is 34.5 Å². The van der Waals surface area contributed by atoms with Crippen LogP contribution in [0.4, 0.5) is 10.1 Å². The SMILES string of the molecule is O=C(NCCc1csc(-c2ccc(F)cc2)n1)c1cc(Cl)ccc1[N+](=O)[O-]. The molecule has 0 aliphatic carbocycles. The largest absolute Gasteiger partial charge is 0.351 e. The predicted molar refractivity (Wildman–Crippen MR) is 102 cm³/mol. The van der Waals surface area contributed by atoms with E-state index in [4.69, 9.17) is 11.6 Å². The summed E-state index contributed by atoms with van der Waals surface area (Å²) >= 11 is 7.25. The van der Waals surface area contributed by atoms with Gasteiger partial charge in [0.25, 0.3) is 11.6 Å². The van der Waals surface area contributed by atoms with Crippen LogP contribution in [0.1, 0.15) is 16.1 Å². The third kappa shape index (κ3) is 4.66. The number of carbonyl (C=O) groups excluding carboxylic acids is 1. The van der Waals surface area contributed by atoms with E-state index >= 15 is 0 Å². The third-order valence-corrected chi connectivity index (χ3v) is 4.88. The number of nitrogens with zero attached hydrogens (tertiary/aromatic N) is 2. The summed E-state index contributed by atoms with van der Waals surface area (Å²) in [5.74, 6) is -0.883. The fourth-order valence-corrected chi connectivity index (χ4v) is 3.43. The second-order valence-electron chi connectivity index (χ2n) is 5.58. The highest BCUT2D eigenvalue weighted by atomic mass is 35.5. The van der Waals surface area contributed by atoms with Crippen LogP contribution in [-0.2, 0) is 6.42 Å². The Hall–Kier alpha value is -2.84. The van der Waals surface area contributed by atoms with E-state index in [-0.39, 0.29) is 28.6 Å². The van der Waals surface area contributed by atoms with Gasteiger partial charge in [0, 0.05) is 35.0 Å². The van der Waals surface area contributed by atoms with Crippen LogP contribution in [0, 0.1) is 15.9 Å². The van der Waals surface area contributed by atoms with Crippen LogP contribution in [0.25, 0.3) is 10.6 Å². The molecule has 1 heterocycles. The van der Waals surface area contributed by atoms with Crippen molar-refractivity contribution in [2.75, 3.05) is 6.54 Å². The van der Waals surface area contributed by atoms with E-state index in [1.54, 1.807) is 12.1 Å². The van der Waals surface area contributed by atoms with Gasteiger partial charge >= 0.3 is 0 Å². The summed E-state index contributed by atoms with van der Waals surface area (Å²) in [6, 6.07) is 9.87. The van der Waals surface area contributed by atoms with Crippen molar-refractivity contribution in [1.82, 2.24) is 10.3 Å². The maximum absolute atomic E-state index is 13.0. The number of hydrogen-bond donors (Lipinski definition) is 1. The molecule has 138 valence electrons. The van der Waals surface area contributed by atoms with Crippen LogP contribution < -0.4 is 5.32 Å². The first-order valence-corrected chi connectivity index (χ1v) is 9.12. The van der Waals surface area contributed by atoms with Crippen molar-refractivity contribution in [3.63, 3.8) is 0 Å². The van der Waals surface area contributed by atoms with Crippen molar-refractivity contribution < 1.29 is 14.1 Å². The van der Waals surface area contributed by atoms with E-state index in [1.165, 1.54) is 41.7 Å². The summed E-state index contributed by atoms with van der Waals surface area (Å²) in [4.78, 5) is 27.1. The Morgan fingerprint density at radius 3 is 2.70 bits per heavy atom. The molecule has 0 atom stereocenters. The number of thiazole rings is 1. The molecule has 27 heavy (non-hydrogen) atoms. The highest BCUT2D eigenvalue weighted by Gasteiger charge is 2.20. The second kappa shape index (κ2) is 8.24. The van der Waals surface area contributed by atoms with E-state index in [0.717, 1.165) is 16.3 Å². The minimum atomic E-state index is -0.624. The van der Waals surface area contributed by atoms with Gasteiger partial charge in [-0.05, 0) is 36.4 Å². The zero-order valence-electron chi connectivity index (χ0n) is 13.8. The Balaban J connectivity index is 1.62. The van der Waals surface area contributed by atoms with E-state index in [1.807, 2.05) is 5.38 Å². The second-order valence-corrected chi connectivity index (χ2v) is 6.87. The van der Waals surface area contributed by atoms with Gasteiger partial charge in [-0.25, -0.2) is 9.37 Å². The summed E-state index contributed by atoms with van der Waals surface area (Å²) in [7, 11) is 0. The monoisotopic (exact) mass is 405 g/mol. The lowest BCUT2D eigenvalue weighted by Crippen LogP contribution is -2.26. The van der Waals surface area contributed by atoms with Crippen molar-refractivity contribution in [3.8, 4) is 10.6 Å². The molecule has 1 aromatic heterocycles. The molecule has 6 nitrogen and oxygen atoms in total. The molecule has 0 fully saturated rings. The summed E-state index contributed by atoms with van der Waals surface area (Å²) in [5, 5.41) is 16.5. The summed E-state index contributed by atoms with van der Waals surface area (Å²) in [5.41, 5.74) is 1.19. The molecule has 0 spiro atoms. The highest BCUT2D eigenvalue weighted by molar-refractivity contribution is 7.13. The molecule has 3 rings (SSSR count). The van der Waals surface area contributed by atoms with E-state index in [0.29, 0.717) is 6.42 Å². The molecular formula is C18H13ClFN3O3S. The minimum absolute atomic E-state index is 0.0854. The molecule has 0 saturated carbocycles. The fourth-order valence-electron chi connectivity index (χ4n) is 2.40. The Morgan fingerprint density at radius 1 is 1.26 bits per heavy atom. The fraction of sp³-hybridized carbons (Fsp3) is 0.111. The van der Waals surface area contributed by atoms with Gasteiger partial charge in [-0.3, -0.25) is 14.9 Å². The van der Waals surface area contributed by atoms with Gasteiger partial charge < -0.3 is 5.32 Å². The number of rotatable bonds is 6. The standard InChI is InChI=1S/C18H13ClFN3O3S/c19-12-3-6-16(23(25)26)15(9-12)17(24)21-8-7-14-10-27-18(22-14)11-1-4-13(20)5-2-11/h1-6,9-10H,7-8H2,(H,21,24). The number of hydrogen-bond acceptors (Lipinski definition) is 5. The third-order valence-electron chi connectivity index (χ3n) is 3.71. The van der Waals surface area contributed by atoms with Crippen molar-refractivity contribution in [1.29, 1.82) is 0 Å². The van der Waals surface area contributed by atoms with Gasteiger partial charge in [-0.1, -0.05) is 11.6 Å². The first-order chi connectivity index (χ1) is 12.9. The summed E-state index contributed by atoms with van der Waals surface area (Å²) < 4.78 is 13.0. The van der Waals surface area contributed by atoms with Crippen LogP contribution in [0.15, 0.2) is 47.8 Å². The average molecular weight is 406 g/mol. The maximum atomic E-state index is 13.0. The molecule has 2 aromatic carbocycles. The normalized spacial score (nSPS) is 10.6. The number of nitrogens with one attached hydrogen (secondary N) is 1. The van der Waals surface area contributed by atoms with Crippen LogP contribution in [-0.4, -0.2) is 22.4 Å². The molecule has 3 aromatic rings. The van der Waals surface area contributed by atoms with Gasteiger partial charge in [-0.2, -0.15) is 0 Å². The summed E-state index contributed by atoms with van der Waals surface area (Å²) in [6.45, 7) is 0.259. The zero-order valence-corrected chi connectivity index (χ0v) is 15.4. The summed E-state index contributed by atoms with van der Waals surface area (Å²) in [6.07, 6.45) is 0.456. The Morgan fingerprint density at radius 2 is 2.00 bits per heavy atom. The smallest absolute Gasteiger partial charge is 0.282 e. The maximum Gasteiger partial charge on any atom is 0.282 e. The van der Waals surface area contributed by atoms with Gasteiger partial charge in [0.15, 0.2) is 0 Å². The minimum Gasteiger partial charge on any atom is -0.351 e. The first kappa shape index (κ1) is 18.9. The van der Waals surface area contributed by atoms with E-state index in [9.17, 15) is 19.3 Å². The first-order valence-electron chi connectivity index (χ1n) is 7.86. The quantitative estimate of drug-likeness (QED) is 0.484. The van der Waals surface area contributed by atoms with Gasteiger partial charge in [0.1, 0.15) is 16.4 Å². The lowest BCUT2D eigenvalue weighted by atomic mass is 10.1. The number of amides is 1. The van der Waals surface area contributed by atoms with Gasteiger partial charge in [0.05, 0.1) is 10.6 Å². The topological polar surface area (TPSA) is 85.1 Å². The average Bonchev–Trinajstić information content (AvgIpc) is 3.10. The molecule has 0 radical (unpaired) electrons. The van der Waals surface area contributed by atoms with Crippen molar-refractivity contribution in [2.45, 2.75) is 6.42 Å². The highest BCUT2D eigenvalue weighted by Crippen LogP contribution is 2.24. The number of carbonyl (C=O) groups is 1. The number of nitro benzene ring substituents is 1. The molecular weight excluding hydrogens is 393 g/mol. The van der Waals surface area contributed by atoms with Crippen LogP contribution in [0.5, 0.6) is 0 Å². The Labute approximate surface area is 162 Å².